The third-order valence-corrected chi connectivity index (χ3v) is 11.8. The number of hydrogen-bond acceptors (Lipinski definition) is 19. The number of carbonyl (C=O) groups excluding carboxylic acids is 3. The number of imidazole rings is 1. The lowest BCUT2D eigenvalue weighted by molar-refractivity contribution is -0.137. The number of benzene rings is 1. The molecule has 0 bridgehead atoms. The van der Waals surface area contributed by atoms with Gasteiger partial charge in [-0.2, -0.15) is 4.31 Å². The molecule has 1 aliphatic rings. The monoisotopic (exact) mass is 887 g/mol. The van der Waals surface area contributed by atoms with E-state index < -0.39 is 84.6 Å². The van der Waals surface area contributed by atoms with Crippen LogP contribution in [0.1, 0.15) is 36.9 Å². The lowest BCUT2D eigenvalue weighted by atomic mass is 9.87. The van der Waals surface area contributed by atoms with E-state index in [9.17, 15) is 63.0 Å². The van der Waals surface area contributed by atoms with E-state index in [4.69, 9.17) is 19.5 Å². The molecular weight excluding hydrogens is 847 g/mol. The van der Waals surface area contributed by atoms with Gasteiger partial charge in [0.25, 0.3) is 0 Å². The molecule has 1 aromatic carbocycles. The van der Waals surface area contributed by atoms with Crippen LogP contribution in [-0.4, -0.2) is 128 Å². The van der Waals surface area contributed by atoms with Crippen LogP contribution < -0.4 is 16.4 Å². The van der Waals surface area contributed by atoms with Gasteiger partial charge in [-0.25, -0.2) is 28.6 Å². The van der Waals surface area contributed by atoms with Gasteiger partial charge in [0.05, 0.1) is 25.1 Å². The fraction of sp³-hybridized carbons (Fsp3) is 0.500. The van der Waals surface area contributed by atoms with E-state index >= 15 is 0 Å². The van der Waals surface area contributed by atoms with Gasteiger partial charge >= 0.3 is 23.5 Å². The number of para-hydroxylation sites is 1. The van der Waals surface area contributed by atoms with Crippen LogP contribution in [0.25, 0.3) is 11.2 Å². The standard InChI is InChI=1S/C28H40N7O18P3S/c1-28(2,22(39)25(40)31-8-7-18(37)30-9-10-57-27(41)15-5-3-4-6-16(15)36)12-50-56(47,48)53-55(45,46)49-11-17-21(52-54(42,43)44)20(38)26(51-17)35-14-34-19-23(29)32-13-33-24(19)35/h3-6,13-14,17,20-22,26,36,38-39H,7-12H2,1-2H3,(H,30,37)(H,31,40)(H,45,46)(H,47,48)(H2,29,32,33)(H2,42,43,44)/t17-,20-,21-,22+,26-/m1/s1. The summed E-state index contributed by atoms with van der Waals surface area (Å²) in [7, 11) is -16.4. The average Bonchev–Trinajstić information content (AvgIpc) is 3.68. The Morgan fingerprint density at radius 1 is 1.04 bits per heavy atom. The SMILES string of the molecule is CC(C)(COP(=O)(O)OP(=O)(O)OC[C@H]1O[C@@H](n2cnc3c(N)ncnc32)[C@H](O)[C@@H]1OP(=O)(O)O)[C@@H](O)C(=O)NCCC(=O)NCCSC(=O)c1ccccc1O. The van der Waals surface area contributed by atoms with Crippen LogP contribution in [0.15, 0.2) is 36.9 Å². The molecular formula is C28H40N7O18P3S. The minimum atomic E-state index is -5.58. The number of nitrogens with zero attached hydrogens (tertiary/aromatic N) is 4. The number of rotatable bonds is 20. The number of amides is 2. The van der Waals surface area contributed by atoms with Crippen molar-refractivity contribution in [3.63, 3.8) is 0 Å². The maximum atomic E-state index is 12.7. The third kappa shape index (κ3) is 13.0. The van der Waals surface area contributed by atoms with Crippen LogP contribution in [0.3, 0.4) is 0 Å². The Balaban J connectivity index is 1.23. The molecule has 1 saturated heterocycles. The van der Waals surface area contributed by atoms with Gasteiger partial charge in [-0.15, -0.1) is 0 Å². The van der Waals surface area contributed by atoms with Gasteiger partial charge < -0.3 is 56.0 Å². The summed E-state index contributed by atoms with van der Waals surface area (Å²) in [5, 5.41) is 35.7. The number of anilines is 1. The van der Waals surface area contributed by atoms with Crippen molar-refractivity contribution in [3.05, 3.63) is 42.5 Å². The van der Waals surface area contributed by atoms with Crippen molar-refractivity contribution in [2.24, 2.45) is 5.41 Å². The fourth-order valence-corrected chi connectivity index (χ4v) is 8.54. The summed E-state index contributed by atoms with van der Waals surface area (Å²) in [6.45, 7) is 0.279. The second-order valence-electron chi connectivity index (χ2n) is 12.7. The average molecular weight is 888 g/mol. The van der Waals surface area contributed by atoms with Gasteiger partial charge in [-0.3, -0.25) is 32.5 Å². The molecule has 29 heteroatoms. The highest BCUT2D eigenvalue weighted by molar-refractivity contribution is 8.14. The maximum Gasteiger partial charge on any atom is 0.481 e. The van der Waals surface area contributed by atoms with Crippen LogP contribution in [0.2, 0.25) is 0 Å². The molecule has 57 heavy (non-hydrogen) atoms. The van der Waals surface area contributed by atoms with Crippen LogP contribution in [-0.2, 0) is 45.9 Å². The Morgan fingerprint density at radius 3 is 2.40 bits per heavy atom. The summed E-state index contributed by atoms with van der Waals surface area (Å²) in [5.41, 5.74) is 4.35. The quantitative estimate of drug-likeness (QED) is 0.0513. The Morgan fingerprint density at radius 2 is 1.72 bits per heavy atom. The third-order valence-electron chi connectivity index (χ3n) is 7.86. The summed E-state index contributed by atoms with van der Waals surface area (Å²) < 4.78 is 62.1. The lowest BCUT2D eigenvalue weighted by Crippen LogP contribution is -2.46. The van der Waals surface area contributed by atoms with Crippen molar-refractivity contribution in [2.45, 2.75) is 50.9 Å². The number of aliphatic hydroxyl groups is 2. The molecule has 1 aliphatic heterocycles. The molecule has 0 radical (unpaired) electrons. The summed E-state index contributed by atoms with van der Waals surface area (Å²) in [6, 6.07) is 5.98. The number of phenols is 1. The van der Waals surface area contributed by atoms with Gasteiger partial charge in [0.2, 0.25) is 16.9 Å². The Hall–Kier alpha value is -3.42. The van der Waals surface area contributed by atoms with E-state index in [2.05, 4.69) is 34.4 Å². The van der Waals surface area contributed by atoms with Gasteiger partial charge in [0.15, 0.2) is 17.7 Å². The van der Waals surface area contributed by atoms with Gasteiger partial charge in [0.1, 0.15) is 42.0 Å². The molecule has 0 spiro atoms. The van der Waals surface area contributed by atoms with Gasteiger partial charge in [-0.1, -0.05) is 37.7 Å². The number of aromatic nitrogens is 4. The van der Waals surface area contributed by atoms with Crippen LogP contribution in [0, 0.1) is 5.41 Å². The van der Waals surface area contributed by atoms with Crippen LogP contribution >= 0.6 is 35.2 Å². The van der Waals surface area contributed by atoms with E-state index in [0.29, 0.717) is 0 Å². The zero-order valence-corrected chi connectivity index (χ0v) is 33.3. The zero-order valence-electron chi connectivity index (χ0n) is 29.8. The predicted octanol–water partition coefficient (Wildman–Crippen LogP) is -0.316. The molecule has 316 valence electrons. The van der Waals surface area contributed by atoms with E-state index in [-0.39, 0.29) is 58.7 Å². The van der Waals surface area contributed by atoms with Crippen molar-refractivity contribution in [2.75, 3.05) is 37.8 Å². The molecule has 4 rings (SSSR count). The number of nitrogen functional groups attached to an aromatic ring is 1. The van der Waals surface area contributed by atoms with Crippen molar-refractivity contribution >= 4 is 69.1 Å². The topological polar surface area (TPSA) is 384 Å². The number of ether oxygens (including phenoxy) is 1. The molecule has 25 nitrogen and oxygen atoms in total. The molecule has 1 fully saturated rings. The largest absolute Gasteiger partial charge is 0.507 e. The highest BCUT2D eigenvalue weighted by Gasteiger charge is 2.50. The smallest absolute Gasteiger partial charge is 0.481 e. The first-order chi connectivity index (χ1) is 26.5. The molecule has 7 atom stereocenters. The highest BCUT2D eigenvalue weighted by Crippen LogP contribution is 2.61. The zero-order chi connectivity index (χ0) is 42.3. The van der Waals surface area contributed by atoms with E-state index in [1.807, 2.05) is 0 Å². The number of phenolic OH excluding ortho intramolecular Hbond substituents is 1. The van der Waals surface area contributed by atoms with E-state index in [1.165, 1.54) is 26.0 Å². The molecule has 0 saturated carbocycles. The van der Waals surface area contributed by atoms with Gasteiger partial charge in [-0.05, 0) is 12.1 Å². The predicted molar refractivity (Wildman–Crippen MR) is 195 cm³/mol. The first-order valence-corrected chi connectivity index (χ1v) is 21.8. The minimum Gasteiger partial charge on any atom is -0.507 e. The molecule has 2 amide bonds. The van der Waals surface area contributed by atoms with Crippen molar-refractivity contribution < 1.29 is 85.6 Å². The van der Waals surface area contributed by atoms with Crippen molar-refractivity contribution in [3.8, 4) is 5.75 Å². The molecule has 3 heterocycles. The number of phosphoric ester groups is 3. The van der Waals surface area contributed by atoms with Crippen LogP contribution in [0.5, 0.6) is 5.75 Å². The first-order valence-electron chi connectivity index (χ1n) is 16.3. The van der Waals surface area contributed by atoms with Crippen molar-refractivity contribution in [1.82, 2.24) is 30.2 Å². The normalized spacial score (nSPS) is 21.4. The lowest BCUT2D eigenvalue weighted by Gasteiger charge is -2.30. The molecule has 0 aliphatic carbocycles. The fourth-order valence-electron chi connectivity index (χ4n) is 5.00. The number of aromatic hydroxyl groups is 1. The number of hydrogen-bond donors (Lipinski definition) is 10. The summed E-state index contributed by atoms with van der Waals surface area (Å²) >= 11 is 0.877. The number of thioether (sulfide) groups is 1. The molecule has 11 N–H and O–H groups in total. The summed E-state index contributed by atoms with van der Waals surface area (Å²) in [6.07, 6.45) is -7.04. The minimum absolute atomic E-state index is 0.0237. The Kier molecular flexibility index (Phi) is 15.5. The number of phosphoric acid groups is 3. The summed E-state index contributed by atoms with van der Waals surface area (Å²) in [5.74, 6) is -1.53. The Bertz CT molecular complexity index is 2070. The second-order valence-corrected chi connectivity index (χ2v) is 18.0. The second kappa shape index (κ2) is 19.1. The van der Waals surface area contributed by atoms with Gasteiger partial charge in [0, 0.05) is 30.7 Å². The first kappa shape index (κ1) is 46.3. The number of carbonyl (C=O) groups is 3. The number of nitrogens with one attached hydrogen (secondary N) is 2. The van der Waals surface area contributed by atoms with Crippen LogP contribution in [0.4, 0.5) is 5.82 Å². The number of aliphatic hydroxyl groups excluding tert-OH is 2. The molecule has 2 unspecified atom stereocenters. The number of nitrogens with two attached hydrogens (primary N) is 1. The molecule has 3 aromatic rings. The van der Waals surface area contributed by atoms with E-state index in [1.54, 1.807) is 12.1 Å². The van der Waals surface area contributed by atoms with E-state index in [0.717, 1.165) is 29.0 Å². The maximum absolute atomic E-state index is 12.7. The highest BCUT2D eigenvalue weighted by atomic mass is 32.2. The molecule has 2 aromatic heterocycles. The number of fused-ring (bicyclic) bond motifs is 1. The van der Waals surface area contributed by atoms with Crippen molar-refractivity contribution in [1.29, 1.82) is 0 Å². The Labute approximate surface area is 326 Å². The summed E-state index contributed by atoms with van der Waals surface area (Å²) in [4.78, 5) is 87.8.